The van der Waals surface area contributed by atoms with Gasteiger partial charge in [0.2, 0.25) is 0 Å². The molecule has 2 N–H and O–H groups in total. The lowest BCUT2D eigenvalue weighted by Gasteiger charge is -2.26. The highest BCUT2D eigenvalue weighted by atomic mass is 16.6. The first-order valence-corrected chi connectivity index (χ1v) is 11.4. The standard InChI is InChI=1S/C27H22N4O7/c1-16-5-3-8-23(17(16)2)28-24(32)15-38-21-7-4-6-18(13-21)14-22-25(33)29-27(35)30(26(22)34)19-9-11-20(12-10-19)31(36)37/h3-14H,15H2,1-2H3,(H,28,32)(H,29,33,35)/b22-14-. The molecule has 1 aliphatic rings. The number of imide groups is 2. The molecule has 0 radical (unpaired) electrons. The van der Waals surface area contributed by atoms with Crippen molar-refractivity contribution in [1.29, 1.82) is 0 Å². The van der Waals surface area contributed by atoms with Crippen LogP contribution in [-0.2, 0) is 14.4 Å². The number of carbonyl (C=O) groups is 4. The fourth-order valence-corrected chi connectivity index (χ4v) is 3.70. The Labute approximate surface area is 216 Å². The molecule has 192 valence electrons. The topological polar surface area (TPSA) is 148 Å². The van der Waals surface area contributed by atoms with E-state index >= 15 is 0 Å². The van der Waals surface area contributed by atoms with Gasteiger partial charge in [-0.2, -0.15) is 0 Å². The molecule has 4 rings (SSSR count). The quantitative estimate of drug-likeness (QED) is 0.210. The van der Waals surface area contributed by atoms with Crippen LogP contribution in [0.4, 0.5) is 21.9 Å². The van der Waals surface area contributed by atoms with E-state index in [1.54, 1.807) is 24.3 Å². The largest absolute Gasteiger partial charge is 0.484 e. The third-order valence-corrected chi connectivity index (χ3v) is 5.84. The molecule has 0 aliphatic carbocycles. The molecule has 5 amide bonds. The molecule has 11 heteroatoms. The van der Waals surface area contributed by atoms with Crippen LogP contribution in [0.2, 0.25) is 0 Å². The van der Waals surface area contributed by atoms with Crippen molar-refractivity contribution in [2.45, 2.75) is 13.8 Å². The van der Waals surface area contributed by atoms with Gasteiger partial charge in [0.15, 0.2) is 6.61 Å². The number of rotatable bonds is 7. The Kier molecular flexibility index (Phi) is 7.28. The number of hydrogen-bond donors (Lipinski definition) is 2. The van der Waals surface area contributed by atoms with Crippen molar-refractivity contribution in [2.75, 3.05) is 16.8 Å². The van der Waals surface area contributed by atoms with Gasteiger partial charge in [0.05, 0.1) is 10.6 Å². The first-order chi connectivity index (χ1) is 18.1. The number of nitro groups is 1. The Balaban J connectivity index is 1.49. The lowest BCUT2D eigenvalue weighted by atomic mass is 10.1. The minimum absolute atomic E-state index is 0.0587. The van der Waals surface area contributed by atoms with Crippen molar-refractivity contribution in [2.24, 2.45) is 0 Å². The Hall–Kier alpha value is -5.32. The number of barbiturate groups is 1. The van der Waals surface area contributed by atoms with Gasteiger partial charge in [-0.25, -0.2) is 9.69 Å². The monoisotopic (exact) mass is 514 g/mol. The highest BCUT2D eigenvalue weighted by Crippen LogP contribution is 2.25. The Bertz CT molecular complexity index is 1500. The molecular weight excluding hydrogens is 492 g/mol. The second-order valence-electron chi connectivity index (χ2n) is 8.39. The van der Waals surface area contributed by atoms with Crippen molar-refractivity contribution in [1.82, 2.24) is 5.32 Å². The van der Waals surface area contributed by atoms with Gasteiger partial charge in [-0.1, -0.05) is 24.3 Å². The maximum atomic E-state index is 13.1. The SMILES string of the molecule is Cc1cccc(NC(=O)COc2cccc(/C=C3/C(=O)NC(=O)N(c4ccc([N+](=O)[O-])cc4)C3=O)c2)c1C. The van der Waals surface area contributed by atoms with Gasteiger partial charge in [0, 0.05) is 17.8 Å². The minimum atomic E-state index is -0.974. The average Bonchev–Trinajstić information content (AvgIpc) is 2.88. The minimum Gasteiger partial charge on any atom is -0.484 e. The zero-order valence-electron chi connectivity index (χ0n) is 20.4. The molecule has 0 bridgehead atoms. The number of carbonyl (C=O) groups excluding carboxylic acids is 4. The Morgan fingerprint density at radius 2 is 1.76 bits per heavy atom. The maximum absolute atomic E-state index is 13.1. The molecule has 0 saturated carbocycles. The van der Waals surface area contributed by atoms with Crippen LogP contribution in [0.1, 0.15) is 16.7 Å². The molecule has 3 aromatic carbocycles. The van der Waals surface area contributed by atoms with Gasteiger partial charge in [0.25, 0.3) is 23.4 Å². The van der Waals surface area contributed by atoms with E-state index in [1.807, 2.05) is 26.0 Å². The smallest absolute Gasteiger partial charge is 0.335 e. The lowest BCUT2D eigenvalue weighted by molar-refractivity contribution is -0.384. The normalized spacial score (nSPS) is 14.3. The second-order valence-corrected chi connectivity index (χ2v) is 8.39. The second kappa shape index (κ2) is 10.7. The third-order valence-electron chi connectivity index (χ3n) is 5.84. The van der Waals surface area contributed by atoms with Gasteiger partial charge >= 0.3 is 6.03 Å². The number of amides is 5. The van der Waals surface area contributed by atoms with Gasteiger partial charge in [-0.3, -0.25) is 29.8 Å². The number of nitrogens with zero attached hydrogens (tertiary/aromatic N) is 2. The summed E-state index contributed by atoms with van der Waals surface area (Å²) < 4.78 is 5.59. The van der Waals surface area contributed by atoms with Gasteiger partial charge in [-0.15, -0.1) is 0 Å². The molecule has 0 spiro atoms. The van der Waals surface area contributed by atoms with E-state index in [9.17, 15) is 29.3 Å². The van der Waals surface area contributed by atoms with Crippen LogP contribution in [0.5, 0.6) is 5.75 Å². The van der Waals surface area contributed by atoms with E-state index in [0.29, 0.717) is 17.0 Å². The van der Waals surface area contributed by atoms with Crippen LogP contribution in [-0.4, -0.2) is 35.3 Å². The van der Waals surface area contributed by atoms with Crippen molar-refractivity contribution >= 4 is 46.9 Å². The molecule has 0 atom stereocenters. The predicted octanol–water partition coefficient (Wildman–Crippen LogP) is 3.90. The molecule has 0 unspecified atom stereocenters. The van der Waals surface area contributed by atoms with E-state index < -0.39 is 22.8 Å². The van der Waals surface area contributed by atoms with E-state index in [-0.39, 0.29) is 29.5 Å². The molecular formula is C27H22N4O7. The summed E-state index contributed by atoms with van der Waals surface area (Å²) >= 11 is 0. The zero-order chi connectivity index (χ0) is 27.4. The van der Waals surface area contributed by atoms with Crippen LogP contribution in [0, 0.1) is 24.0 Å². The molecule has 1 aliphatic heterocycles. The number of nitrogens with one attached hydrogen (secondary N) is 2. The van der Waals surface area contributed by atoms with Crippen LogP contribution in [0.3, 0.4) is 0 Å². The fraction of sp³-hybridized carbons (Fsp3) is 0.111. The summed E-state index contributed by atoms with van der Waals surface area (Å²) in [6.45, 7) is 3.58. The lowest BCUT2D eigenvalue weighted by Crippen LogP contribution is -2.54. The molecule has 1 heterocycles. The summed E-state index contributed by atoms with van der Waals surface area (Å²) in [6.07, 6.45) is 1.28. The number of aryl methyl sites for hydroxylation is 1. The van der Waals surface area contributed by atoms with E-state index in [0.717, 1.165) is 28.2 Å². The molecule has 3 aromatic rings. The van der Waals surface area contributed by atoms with Crippen molar-refractivity contribution < 1.29 is 28.8 Å². The van der Waals surface area contributed by atoms with Crippen LogP contribution in [0.15, 0.2) is 72.3 Å². The fourth-order valence-electron chi connectivity index (χ4n) is 3.70. The van der Waals surface area contributed by atoms with Crippen molar-refractivity contribution in [3.63, 3.8) is 0 Å². The van der Waals surface area contributed by atoms with Crippen LogP contribution < -0.4 is 20.3 Å². The summed E-state index contributed by atoms with van der Waals surface area (Å²) in [4.78, 5) is 61.2. The Morgan fingerprint density at radius 3 is 2.47 bits per heavy atom. The number of nitro benzene ring substituents is 1. The van der Waals surface area contributed by atoms with Crippen molar-refractivity contribution in [3.05, 3.63) is 99.1 Å². The van der Waals surface area contributed by atoms with Gasteiger partial charge < -0.3 is 10.1 Å². The first kappa shape index (κ1) is 25.8. The Morgan fingerprint density at radius 1 is 1.05 bits per heavy atom. The first-order valence-electron chi connectivity index (χ1n) is 11.4. The van der Waals surface area contributed by atoms with Crippen molar-refractivity contribution in [3.8, 4) is 5.75 Å². The third kappa shape index (κ3) is 5.57. The van der Waals surface area contributed by atoms with E-state index in [4.69, 9.17) is 4.74 Å². The summed E-state index contributed by atoms with van der Waals surface area (Å²) in [5.74, 6) is -1.83. The van der Waals surface area contributed by atoms with Crippen LogP contribution >= 0.6 is 0 Å². The highest BCUT2D eigenvalue weighted by Gasteiger charge is 2.37. The van der Waals surface area contributed by atoms with E-state index in [1.165, 1.54) is 24.3 Å². The molecule has 1 saturated heterocycles. The maximum Gasteiger partial charge on any atom is 0.335 e. The number of benzene rings is 3. The highest BCUT2D eigenvalue weighted by molar-refractivity contribution is 6.39. The number of anilines is 2. The number of hydrogen-bond acceptors (Lipinski definition) is 7. The molecule has 1 fully saturated rings. The summed E-state index contributed by atoms with van der Waals surface area (Å²) in [7, 11) is 0. The van der Waals surface area contributed by atoms with Crippen LogP contribution in [0.25, 0.3) is 6.08 Å². The number of ether oxygens (including phenoxy) is 1. The molecule has 0 aromatic heterocycles. The summed E-state index contributed by atoms with van der Waals surface area (Å²) in [6, 6.07) is 15.8. The molecule has 38 heavy (non-hydrogen) atoms. The van der Waals surface area contributed by atoms with E-state index in [2.05, 4.69) is 10.6 Å². The van der Waals surface area contributed by atoms with Gasteiger partial charge in [0.1, 0.15) is 11.3 Å². The summed E-state index contributed by atoms with van der Waals surface area (Å²) in [5, 5.41) is 15.8. The van der Waals surface area contributed by atoms with Gasteiger partial charge in [-0.05, 0) is 66.9 Å². The summed E-state index contributed by atoms with van der Waals surface area (Å²) in [5.41, 5.74) is 2.60. The number of non-ortho nitro benzene ring substituents is 1. The zero-order valence-corrected chi connectivity index (χ0v) is 20.4. The molecule has 11 nitrogen and oxygen atoms in total. The number of urea groups is 1. The predicted molar refractivity (Wildman–Crippen MR) is 139 cm³/mol. The average molecular weight is 514 g/mol.